The van der Waals surface area contributed by atoms with Crippen molar-refractivity contribution in [2.75, 3.05) is 4.72 Å². The van der Waals surface area contributed by atoms with Crippen LogP contribution >= 0.6 is 23.5 Å². The smallest absolute Gasteiger partial charge is 0.284 e. The van der Waals surface area contributed by atoms with E-state index in [2.05, 4.69) is 9.71 Å². The van der Waals surface area contributed by atoms with Gasteiger partial charge in [0.2, 0.25) is 0 Å². The van der Waals surface area contributed by atoms with E-state index in [0.29, 0.717) is 10.0 Å². The molecule has 0 aliphatic heterocycles. The van der Waals surface area contributed by atoms with Crippen LogP contribution in [0.4, 0.5) is 11.4 Å². The zero-order valence-electron chi connectivity index (χ0n) is 9.04. The van der Waals surface area contributed by atoms with Gasteiger partial charge in [-0.2, -0.15) is 0 Å². The Labute approximate surface area is 112 Å². The third kappa shape index (κ3) is 3.12. The van der Waals surface area contributed by atoms with Gasteiger partial charge in [0.05, 0.1) is 16.8 Å². The summed E-state index contributed by atoms with van der Waals surface area (Å²) in [6.07, 6.45) is 1.56. The van der Waals surface area contributed by atoms with Crippen molar-refractivity contribution in [2.24, 2.45) is 0 Å². The molecule has 5 nitrogen and oxygen atoms in total. The molecular weight excluding hydrogens is 274 g/mol. The van der Waals surface area contributed by atoms with Crippen molar-refractivity contribution in [1.82, 2.24) is 4.98 Å². The number of halogens is 1. The van der Waals surface area contributed by atoms with Crippen molar-refractivity contribution in [1.29, 1.82) is 0 Å². The van der Waals surface area contributed by atoms with E-state index in [9.17, 15) is 10.1 Å². The Bertz CT molecular complexity index is 562. The van der Waals surface area contributed by atoms with E-state index >= 15 is 0 Å². The van der Waals surface area contributed by atoms with Gasteiger partial charge in [0.1, 0.15) is 10.0 Å². The van der Waals surface area contributed by atoms with Crippen LogP contribution in [0, 0.1) is 10.1 Å². The molecule has 1 N–H and O–H groups in total. The zero-order valence-corrected chi connectivity index (χ0v) is 10.6. The lowest BCUT2D eigenvalue weighted by Gasteiger charge is -2.05. The quantitative estimate of drug-likeness (QED) is 0.400. The lowest BCUT2D eigenvalue weighted by atomic mass is 10.3. The van der Waals surface area contributed by atoms with Gasteiger partial charge in [-0.15, -0.1) is 0 Å². The fraction of sp³-hybridized carbons (Fsp3) is 0. The van der Waals surface area contributed by atoms with Crippen LogP contribution in [0.15, 0.2) is 47.5 Å². The molecular formula is C11H8ClN3O2S. The monoisotopic (exact) mass is 281 g/mol. The number of hydrogen-bond donors (Lipinski definition) is 1. The van der Waals surface area contributed by atoms with E-state index in [-0.39, 0.29) is 5.69 Å². The zero-order chi connectivity index (χ0) is 13.0. The second-order valence-electron chi connectivity index (χ2n) is 3.30. The fourth-order valence-electron chi connectivity index (χ4n) is 1.24. The molecule has 0 fully saturated rings. The van der Waals surface area contributed by atoms with E-state index in [0.717, 1.165) is 17.6 Å². The van der Waals surface area contributed by atoms with E-state index in [1.54, 1.807) is 36.5 Å². The molecule has 0 amide bonds. The molecule has 0 radical (unpaired) electrons. The highest BCUT2D eigenvalue weighted by Gasteiger charge is 2.12. The number of aromatic nitrogens is 1. The summed E-state index contributed by atoms with van der Waals surface area (Å²) in [6, 6.07) is 9.91. The standard InChI is InChI=1S/C11H8ClN3O2S/c12-11-6-5-8(7-13-11)14-18-10-4-2-1-3-9(10)15(16)17/h1-7,14H. The minimum atomic E-state index is -0.413. The van der Waals surface area contributed by atoms with Gasteiger partial charge in [-0.3, -0.25) is 10.1 Å². The summed E-state index contributed by atoms with van der Waals surface area (Å²) in [6.45, 7) is 0. The third-order valence-corrected chi connectivity index (χ3v) is 3.19. The average molecular weight is 282 g/mol. The first-order valence-corrected chi connectivity index (χ1v) is 6.14. The predicted molar refractivity (Wildman–Crippen MR) is 71.8 cm³/mol. The molecule has 0 spiro atoms. The van der Waals surface area contributed by atoms with E-state index in [4.69, 9.17) is 11.6 Å². The maximum absolute atomic E-state index is 10.8. The number of nitrogens with zero attached hydrogens (tertiary/aromatic N) is 2. The minimum absolute atomic E-state index is 0.0666. The number of benzene rings is 1. The van der Waals surface area contributed by atoms with E-state index in [1.165, 1.54) is 6.07 Å². The number of pyridine rings is 1. The summed E-state index contributed by atoms with van der Waals surface area (Å²) in [4.78, 5) is 14.8. The first kappa shape index (κ1) is 12.7. The third-order valence-electron chi connectivity index (χ3n) is 2.07. The Hall–Kier alpha value is -1.79. The van der Waals surface area contributed by atoms with Crippen molar-refractivity contribution < 1.29 is 4.92 Å². The molecule has 0 aliphatic rings. The number of nitro benzene ring substituents is 1. The van der Waals surface area contributed by atoms with Gasteiger partial charge in [0, 0.05) is 6.07 Å². The van der Waals surface area contributed by atoms with Crippen molar-refractivity contribution in [3.8, 4) is 0 Å². The van der Waals surface area contributed by atoms with Crippen LogP contribution in [0.1, 0.15) is 0 Å². The Morgan fingerprint density at radius 3 is 2.72 bits per heavy atom. The number of anilines is 1. The highest BCUT2D eigenvalue weighted by Crippen LogP contribution is 2.29. The summed E-state index contributed by atoms with van der Waals surface area (Å²) in [7, 11) is 0. The molecule has 0 aliphatic carbocycles. The van der Waals surface area contributed by atoms with Gasteiger partial charge >= 0.3 is 0 Å². The Morgan fingerprint density at radius 2 is 2.06 bits per heavy atom. The topological polar surface area (TPSA) is 68.1 Å². The van der Waals surface area contributed by atoms with Crippen molar-refractivity contribution in [3.05, 3.63) is 57.9 Å². The Balaban J connectivity index is 2.10. The molecule has 0 bridgehead atoms. The first-order chi connectivity index (χ1) is 8.66. The Morgan fingerprint density at radius 1 is 1.28 bits per heavy atom. The molecule has 1 aromatic carbocycles. The van der Waals surface area contributed by atoms with Crippen LogP contribution in [0.3, 0.4) is 0 Å². The SMILES string of the molecule is O=[N+]([O-])c1ccccc1SNc1ccc(Cl)nc1. The lowest BCUT2D eigenvalue weighted by Crippen LogP contribution is -1.93. The predicted octanol–water partition coefficient (Wildman–Crippen LogP) is 3.76. The summed E-state index contributed by atoms with van der Waals surface area (Å²) in [5, 5.41) is 11.2. The average Bonchev–Trinajstić information content (AvgIpc) is 2.38. The highest BCUT2D eigenvalue weighted by atomic mass is 35.5. The van der Waals surface area contributed by atoms with Gasteiger partial charge in [-0.25, -0.2) is 4.98 Å². The number of hydrogen-bond acceptors (Lipinski definition) is 5. The van der Waals surface area contributed by atoms with Gasteiger partial charge < -0.3 is 4.72 Å². The Kier molecular flexibility index (Phi) is 4.01. The van der Waals surface area contributed by atoms with Gasteiger partial charge in [-0.05, 0) is 30.1 Å². The molecule has 2 rings (SSSR count). The van der Waals surface area contributed by atoms with Crippen LogP contribution in [0.25, 0.3) is 0 Å². The van der Waals surface area contributed by atoms with Gasteiger partial charge in [0.15, 0.2) is 0 Å². The maximum atomic E-state index is 10.8. The molecule has 1 aromatic heterocycles. The molecule has 0 saturated carbocycles. The van der Waals surface area contributed by atoms with Crippen LogP contribution in [-0.4, -0.2) is 9.91 Å². The molecule has 18 heavy (non-hydrogen) atoms. The van der Waals surface area contributed by atoms with Crippen LogP contribution in [0.2, 0.25) is 5.15 Å². The number of para-hydroxylation sites is 1. The summed E-state index contributed by atoms with van der Waals surface area (Å²) in [5.41, 5.74) is 0.791. The molecule has 2 aromatic rings. The highest BCUT2D eigenvalue weighted by molar-refractivity contribution is 8.00. The number of rotatable bonds is 4. The molecule has 1 heterocycles. The fourth-order valence-corrected chi connectivity index (χ4v) is 2.10. The van der Waals surface area contributed by atoms with Crippen LogP contribution in [0.5, 0.6) is 0 Å². The van der Waals surface area contributed by atoms with Crippen molar-refractivity contribution in [2.45, 2.75) is 4.90 Å². The minimum Gasteiger partial charge on any atom is -0.324 e. The van der Waals surface area contributed by atoms with Crippen molar-refractivity contribution in [3.63, 3.8) is 0 Å². The van der Waals surface area contributed by atoms with Gasteiger partial charge in [-0.1, -0.05) is 23.7 Å². The van der Waals surface area contributed by atoms with Gasteiger partial charge in [0.25, 0.3) is 5.69 Å². The molecule has 0 saturated heterocycles. The van der Waals surface area contributed by atoms with Crippen LogP contribution < -0.4 is 4.72 Å². The number of nitro groups is 1. The largest absolute Gasteiger partial charge is 0.324 e. The maximum Gasteiger partial charge on any atom is 0.284 e. The number of nitrogens with one attached hydrogen (secondary N) is 1. The molecule has 92 valence electrons. The molecule has 0 unspecified atom stereocenters. The summed E-state index contributed by atoms with van der Waals surface area (Å²) < 4.78 is 2.97. The second-order valence-corrected chi connectivity index (χ2v) is 4.53. The normalized spacial score (nSPS) is 10.1. The second kappa shape index (κ2) is 5.70. The van der Waals surface area contributed by atoms with E-state index < -0.39 is 4.92 Å². The molecule has 0 atom stereocenters. The first-order valence-electron chi connectivity index (χ1n) is 4.94. The van der Waals surface area contributed by atoms with Crippen molar-refractivity contribution >= 4 is 34.9 Å². The lowest BCUT2D eigenvalue weighted by molar-refractivity contribution is -0.387. The summed E-state index contributed by atoms with van der Waals surface area (Å²) >= 11 is 6.82. The van der Waals surface area contributed by atoms with Crippen LogP contribution in [-0.2, 0) is 0 Å². The molecule has 7 heteroatoms. The van der Waals surface area contributed by atoms with E-state index in [1.807, 2.05) is 0 Å². The summed E-state index contributed by atoms with van der Waals surface area (Å²) in [5.74, 6) is 0.